The zero-order valence-corrected chi connectivity index (χ0v) is 6.58. The highest BCUT2D eigenvalue weighted by atomic mass is 31.0. The molecule has 0 aliphatic rings. The van der Waals surface area contributed by atoms with E-state index in [0.29, 0.717) is 6.42 Å². The zero-order chi connectivity index (χ0) is 7.49. The van der Waals surface area contributed by atoms with Crippen molar-refractivity contribution >= 4 is 15.2 Å². The third-order valence-corrected chi connectivity index (χ3v) is 1.17. The van der Waals surface area contributed by atoms with Crippen molar-refractivity contribution in [2.45, 2.75) is 25.0 Å². The molecule has 0 saturated carbocycles. The molecule has 54 valence electrons. The van der Waals surface area contributed by atoms with E-state index in [2.05, 4.69) is 9.24 Å². The fourth-order valence-electron chi connectivity index (χ4n) is 0.376. The molecule has 2 atom stereocenters. The second-order valence-electron chi connectivity index (χ2n) is 2.40. The molecule has 0 saturated heterocycles. The fraction of sp³-hybridized carbons (Fsp3) is 0.800. The SMILES string of the molecule is CC(N)(P)CCC(=O)O. The number of aliphatic carboxylic acids is 1. The molecule has 3 nitrogen and oxygen atoms in total. The number of nitrogens with two attached hydrogens (primary N) is 1. The first-order valence-corrected chi connectivity index (χ1v) is 3.29. The molecule has 9 heavy (non-hydrogen) atoms. The van der Waals surface area contributed by atoms with Crippen molar-refractivity contribution in [1.29, 1.82) is 0 Å². The van der Waals surface area contributed by atoms with Gasteiger partial charge in [0.2, 0.25) is 0 Å². The highest BCUT2D eigenvalue weighted by Gasteiger charge is 2.11. The second kappa shape index (κ2) is 3.14. The smallest absolute Gasteiger partial charge is 0.303 e. The van der Waals surface area contributed by atoms with E-state index in [4.69, 9.17) is 10.8 Å². The lowest BCUT2D eigenvalue weighted by molar-refractivity contribution is -0.137. The van der Waals surface area contributed by atoms with Gasteiger partial charge < -0.3 is 10.8 Å². The molecule has 0 aliphatic heterocycles. The summed E-state index contributed by atoms with van der Waals surface area (Å²) >= 11 is 0. The monoisotopic (exact) mass is 149 g/mol. The minimum absolute atomic E-state index is 0.135. The van der Waals surface area contributed by atoms with Gasteiger partial charge in [-0.2, -0.15) is 0 Å². The Morgan fingerprint density at radius 1 is 1.89 bits per heavy atom. The van der Waals surface area contributed by atoms with Crippen LogP contribution in [0.15, 0.2) is 0 Å². The second-order valence-corrected chi connectivity index (χ2v) is 3.72. The number of hydrogen-bond donors (Lipinski definition) is 2. The van der Waals surface area contributed by atoms with E-state index in [9.17, 15) is 4.79 Å². The van der Waals surface area contributed by atoms with Crippen LogP contribution in [0.4, 0.5) is 0 Å². The number of rotatable bonds is 3. The van der Waals surface area contributed by atoms with Gasteiger partial charge in [-0.15, -0.1) is 9.24 Å². The summed E-state index contributed by atoms with van der Waals surface area (Å²) in [5.41, 5.74) is 5.48. The number of carbonyl (C=O) groups is 1. The van der Waals surface area contributed by atoms with E-state index in [1.807, 2.05) is 0 Å². The first-order chi connectivity index (χ1) is 3.92. The van der Waals surface area contributed by atoms with E-state index in [0.717, 1.165) is 0 Å². The molecule has 0 aromatic rings. The van der Waals surface area contributed by atoms with Crippen molar-refractivity contribution in [2.75, 3.05) is 0 Å². The third-order valence-electron chi connectivity index (χ3n) is 0.878. The molecule has 0 fully saturated rings. The number of carboxylic acids is 1. The van der Waals surface area contributed by atoms with Crippen LogP contribution in [-0.4, -0.2) is 16.4 Å². The van der Waals surface area contributed by atoms with Gasteiger partial charge in [-0.1, -0.05) is 0 Å². The highest BCUT2D eigenvalue weighted by molar-refractivity contribution is 7.18. The Balaban J connectivity index is 3.39. The van der Waals surface area contributed by atoms with Gasteiger partial charge in [0.1, 0.15) is 0 Å². The number of carboxylic acid groups (broad SMARTS) is 1. The predicted octanol–water partition coefficient (Wildman–Crippen LogP) is 0.401. The van der Waals surface area contributed by atoms with Gasteiger partial charge in [0.25, 0.3) is 0 Å². The Labute approximate surface area is 56.8 Å². The molecule has 2 unspecified atom stereocenters. The van der Waals surface area contributed by atoms with Gasteiger partial charge in [0.05, 0.1) is 0 Å². The van der Waals surface area contributed by atoms with Crippen LogP contribution >= 0.6 is 9.24 Å². The lowest BCUT2D eigenvalue weighted by atomic mass is 10.2. The third kappa shape index (κ3) is 7.86. The van der Waals surface area contributed by atoms with Gasteiger partial charge >= 0.3 is 5.97 Å². The van der Waals surface area contributed by atoms with E-state index < -0.39 is 11.2 Å². The Morgan fingerprint density at radius 2 is 2.33 bits per heavy atom. The molecule has 0 spiro atoms. The largest absolute Gasteiger partial charge is 0.481 e. The summed E-state index contributed by atoms with van der Waals surface area (Å²) in [5, 5.41) is 7.78. The van der Waals surface area contributed by atoms with Crippen molar-refractivity contribution in [3.8, 4) is 0 Å². The van der Waals surface area contributed by atoms with Crippen LogP contribution in [0, 0.1) is 0 Å². The van der Waals surface area contributed by atoms with E-state index >= 15 is 0 Å². The van der Waals surface area contributed by atoms with Crippen LogP contribution in [0.1, 0.15) is 19.8 Å². The zero-order valence-electron chi connectivity index (χ0n) is 5.42. The van der Waals surface area contributed by atoms with Crippen LogP contribution in [0.3, 0.4) is 0 Å². The molecule has 4 heteroatoms. The summed E-state index contributed by atoms with van der Waals surface area (Å²) in [6.45, 7) is 1.78. The molecule has 0 heterocycles. The normalized spacial score (nSPS) is 16.8. The van der Waals surface area contributed by atoms with Crippen LogP contribution in [-0.2, 0) is 4.79 Å². The molecule has 0 radical (unpaired) electrons. The van der Waals surface area contributed by atoms with Crippen molar-refractivity contribution < 1.29 is 9.90 Å². The molecule has 0 bridgehead atoms. The van der Waals surface area contributed by atoms with Crippen LogP contribution in [0.2, 0.25) is 0 Å². The molecule has 0 amide bonds. The fourth-order valence-corrected chi connectivity index (χ4v) is 0.521. The first kappa shape index (κ1) is 8.86. The van der Waals surface area contributed by atoms with Crippen LogP contribution in [0.5, 0.6) is 0 Å². The summed E-state index contributed by atoms with van der Waals surface area (Å²) in [7, 11) is 2.40. The van der Waals surface area contributed by atoms with Crippen LogP contribution < -0.4 is 5.73 Å². The topological polar surface area (TPSA) is 63.3 Å². The Kier molecular flexibility index (Phi) is 3.09. The summed E-state index contributed by atoms with van der Waals surface area (Å²) < 4.78 is 0. The minimum Gasteiger partial charge on any atom is -0.481 e. The average Bonchev–Trinajstić information content (AvgIpc) is 1.59. The van der Waals surface area contributed by atoms with Gasteiger partial charge in [-0.05, 0) is 13.3 Å². The minimum atomic E-state index is -0.797. The molecule has 0 aliphatic carbocycles. The summed E-state index contributed by atoms with van der Waals surface area (Å²) in [6.07, 6.45) is 0.628. The van der Waals surface area contributed by atoms with Gasteiger partial charge in [-0.25, -0.2) is 0 Å². The molecule has 3 N–H and O–H groups in total. The first-order valence-electron chi connectivity index (χ1n) is 2.71. The quantitative estimate of drug-likeness (QED) is 0.571. The lowest BCUT2D eigenvalue weighted by Crippen LogP contribution is -2.28. The van der Waals surface area contributed by atoms with Gasteiger partial charge in [-0.3, -0.25) is 4.79 Å². The lowest BCUT2D eigenvalue weighted by Gasteiger charge is -2.15. The van der Waals surface area contributed by atoms with Crippen LogP contribution in [0.25, 0.3) is 0 Å². The van der Waals surface area contributed by atoms with Gasteiger partial charge in [0, 0.05) is 11.7 Å². The van der Waals surface area contributed by atoms with Crippen molar-refractivity contribution in [1.82, 2.24) is 0 Å². The summed E-state index contributed by atoms with van der Waals surface area (Å²) in [5.74, 6) is -0.797. The van der Waals surface area contributed by atoms with Crippen molar-refractivity contribution in [3.63, 3.8) is 0 Å². The molecular weight excluding hydrogens is 137 g/mol. The maximum atomic E-state index is 9.98. The average molecular weight is 149 g/mol. The van der Waals surface area contributed by atoms with Crippen molar-refractivity contribution in [3.05, 3.63) is 0 Å². The predicted molar refractivity (Wildman–Crippen MR) is 39.2 cm³/mol. The Bertz CT molecular complexity index is 108. The summed E-state index contributed by atoms with van der Waals surface area (Å²) in [4.78, 5) is 9.98. The molecule has 0 rings (SSSR count). The Morgan fingerprint density at radius 3 is 2.44 bits per heavy atom. The molecular formula is C5H12NO2P. The van der Waals surface area contributed by atoms with E-state index in [-0.39, 0.29) is 6.42 Å². The Hall–Kier alpha value is -0.140. The molecule has 0 aromatic carbocycles. The van der Waals surface area contributed by atoms with Gasteiger partial charge in [0.15, 0.2) is 0 Å². The maximum Gasteiger partial charge on any atom is 0.303 e. The summed E-state index contributed by atoms with van der Waals surface area (Å²) in [6, 6.07) is 0. The van der Waals surface area contributed by atoms with E-state index in [1.165, 1.54) is 0 Å². The van der Waals surface area contributed by atoms with E-state index in [1.54, 1.807) is 6.92 Å². The van der Waals surface area contributed by atoms with Crippen molar-refractivity contribution in [2.24, 2.45) is 5.73 Å². The molecule has 0 aromatic heterocycles. The maximum absolute atomic E-state index is 9.98. The standard InChI is InChI=1S/C5H12NO2P/c1-5(6,9)3-2-4(7)8/h2-3,6,9H2,1H3,(H,7,8). The number of hydrogen-bond acceptors (Lipinski definition) is 2. The highest BCUT2D eigenvalue weighted by Crippen LogP contribution is 2.15.